The minimum Gasteiger partial charge on any atom is -0.355 e. The zero-order valence-electron chi connectivity index (χ0n) is 10.8. The van der Waals surface area contributed by atoms with Gasteiger partial charge in [-0.25, -0.2) is 0 Å². The second-order valence-corrected chi connectivity index (χ2v) is 4.14. The molecule has 1 amide bonds. The van der Waals surface area contributed by atoms with Gasteiger partial charge >= 0.3 is 0 Å². The predicted molar refractivity (Wildman–Crippen MR) is 80.4 cm³/mol. The molecule has 0 saturated heterocycles. The molecular formula is C16H14N2O2. The van der Waals surface area contributed by atoms with Crippen LogP contribution in [0.3, 0.4) is 0 Å². The van der Waals surface area contributed by atoms with Crippen molar-refractivity contribution in [1.29, 1.82) is 0 Å². The van der Waals surface area contributed by atoms with Gasteiger partial charge in [-0.05, 0) is 48.5 Å². The first-order valence-electron chi connectivity index (χ1n) is 6.07. The Balaban J connectivity index is 2.12. The monoisotopic (exact) mass is 266 g/mol. The minimum atomic E-state index is -0.252. The first-order valence-corrected chi connectivity index (χ1v) is 6.07. The highest BCUT2D eigenvalue weighted by Gasteiger charge is 1.99. The van der Waals surface area contributed by atoms with Crippen LogP contribution >= 0.6 is 0 Å². The Morgan fingerprint density at radius 2 is 1.70 bits per heavy atom. The topological polar surface area (TPSA) is 58.2 Å². The maximum absolute atomic E-state index is 11.2. The first kappa shape index (κ1) is 13.5. The van der Waals surface area contributed by atoms with Crippen LogP contribution in [-0.2, 0) is 4.79 Å². The summed E-state index contributed by atoms with van der Waals surface area (Å²) in [4.78, 5) is 21.8. The Bertz CT molecular complexity index is 633. The SMILES string of the molecule is C=CC(=O)Nc1cccc(Nc2ccc(C=O)cc2)c1. The fraction of sp³-hybridized carbons (Fsp3) is 0. The quantitative estimate of drug-likeness (QED) is 0.644. The van der Waals surface area contributed by atoms with E-state index >= 15 is 0 Å². The number of nitrogens with one attached hydrogen (secondary N) is 2. The Morgan fingerprint density at radius 3 is 2.35 bits per heavy atom. The van der Waals surface area contributed by atoms with Gasteiger partial charge < -0.3 is 10.6 Å². The lowest BCUT2D eigenvalue weighted by molar-refractivity contribution is -0.111. The Kier molecular flexibility index (Phi) is 4.29. The Hall–Kier alpha value is -2.88. The van der Waals surface area contributed by atoms with Crippen molar-refractivity contribution in [2.24, 2.45) is 0 Å². The number of anilines is 3. The maximum atomic E-state index is 11.2. The van der Waals surface area contributed by atoms with E-state index in [0.29, 0.717) is 11.3 Å². The van der Waals surface area contributed by atoms with Crippen LogP contribution in [0.15, 0.2) is 61.2 Å². The zero-order chi connectivity index (χ0) is 14.4. The van der Waals surface area contributed by atoms with E-state index in [1.807, 2.05) is 30.3 Å². The number of aldehydes is 1. The third-order valence-corrected chi connectivity index (χ3v) is 2.65. The van der Waals surface area contributed by atoms with Crippen molar-refractivity contribution in [3.63, 3.8) is 0 Å². The highest BCUT2D eigenvalue weighted by Crippen LogP contribution is 2.20. The van der Waals surface area contributed by atoms with E-state index in [-0.39, 0.29) is 5.91 Å². The molecule has 4 heteroatoms. The van der Waals surface area contributed by atoms with Crippen LogP contribution in [0.1, 0.15) is 10.4 Å². The van der Waals surface area contributed by atoms with E-state index in [4.69, 9.17) is 0 Å². The summed E-state index contributed by atoms with van der Waals surface area (Å²) < 4.78 is 0. The molecule has 0 fully saturated rings. The van der Waals surface area contributed by atoms with Crippen molar-refractivity contribution in [1.82, 2.24) is 0 Å². The molecule has 0 radical (unpaired) electrons. The number of amides is 1. The molecule has 2 aromatic carbocycles. The second-order valence-electron chi connectivity index (χ2n) is 4.14. The number of hydrogen-bond donors (Lipinski definition) is 2. The summed E-state index contributed by atoms with van der Waals surface area (Å²) in [5, 5.41) is 5.89. The van der Waals surface area contributed by atoms with Crippen molar-refractivity contribution in [2.75, 3.05) is 10.6 Å². The van der Waals surface area contributed by atoms with Gasteiger partial charge in [-0.1, -0.05) is 12.6 Å². The molecule has 20 heavy (non-hydrogen) atoms. The lowest BCUT2D eigenvalue weighted by Crippen LogP contribution is -2.07. The van der Waals surface area contributed by atoms with E-state index in [1.54, 1.807) is 18.2 Å². The number of rotatable bonds is 5. The van der Waals surface area contributed by atoms with Crippen molar-refractivity contribution in [3.05, 3.63) is 66.7 Å². The molecule has 0 atom stereocenters. The van der Waals surface area contributed by atoms with E-state index in [1.165, 1.54) is 6.08 Å². The summed E-state index contributed by atoms with van der Waals surface area (Å²) in [6.07, 6.45) is 2.02. The van der Waals surface area contributed by atoms with Crippen LogP contribution in [0, 0.1) is 0 Å². The van der Waals surface area contributed by atoms with Gasteiger partial charge in [-0.2, -0.15) is 0 Å². The number of carbonyl (C=O) groups is 2. The number of carbonyl (C=O) groups excluding carboxylic acids is 2. The molecule has 4 nitrogen and oxygen atoms in total. The third-order valence-electron chi connectivity index (χ3n) is 2.65. The highest BCUT2D eigenvalue weighted by atomic mass is 16.1. The summed E-state index contributed by atoms with van der Waals surface area (Å²) in [5.41, 5.74) is 3.01. The van der Waals surface area contributed by atoms with Crippen molar-refractivity contribution in [2.45, 2.75) is 0 Å². The van der Waals surface area contributed by atoms with Crippen LogP contribution < -0.4 is 10.6 Å². The molecule has 2 N–H and O–H groups in total. The van der Waals surface area contributed by atoms with E-state index in [9.17, 15) is 9.59 Å². The molecular weight excluding hydrogens is 252 g/mol. The van der Waals surface area contributed by atoms with Gasteiger partial charge in [0.2, 0.25) is 5.91 Å². The molecule has 0 aliphatic rings. The Labute approximate surface area is 117 Å². The molecule has 2 rings (SSSR count). The molecule has 0 saturated carbocycles. The van der Waals surface area contributed by atoms with Crippen LogP contribution in [0.4, 0.5) is 17.1 Å². The summed E-state index contributed by atoms with van der Waals surface area (Å²) >= 11 is 0. The molecule has 0 unspecified atom stereocenters. The second kappa shape index (κ2) is 6.33. The summed E-state index contributed by atoms with van der Waals surface area (Å²) in [6, 6.07) is 14.4. The molecule has 0 heterocycles. The van der Waals surface area contributed by atoms with E-state index in [0.717, 1.165) is 17.7 Å². The van der Waals surface area contributed by atoms with E-state index in [2.05, 4.69) is 17.2 Å². The van der Waals surface area contributed by atoms with Crippen LogP contribution in [0.25, 0.3) is 0 Å². The van der Waals surface area contributed by atoms with Crippen LogP contribution in [-0.4, -0.2) is 12.2 Å². The fourth-order valence-corrected chi connectivity index (χ4v) is 1.68. The molecule has 0 aliphatic heterocycles. The summed E-state index contributed by atoms with van der Waals surface area (Å²) in [6.45, 7) is 3.41. The molecule has 0 bridgehead atoms. The lowest BCUT2D eigenvalue weighted by Gasteiger charge is -2.09. The van der Waals surface area contributed by atoms with Gasteiger partial charge in [0.25, 0.3) is 0 Å². The zero-order valence-corrected chi connectivity index (χ0v) is 10.8. The van der Waals surface area contributed by atoms with Crippen molar-refractivity contribution >= 4 is 29.3 Å². The fourth-order valence-electron chi connectivity index (χ4n) is 1.68. The lowest BCUT2D eigenvalue weighted by atomic mass is 10.2. The molecule has 100 valence electrons. The van der Waals surface area contributed by atoms with Crippen LogP contribution in [0.5, 0.6) is 0 Å². The molecule has 0 spiro atoms. The average Bonchev–Trinajstić information content (AvgIpc) is 2.48. The maximum Gasteiger partial charge on any atom is 0.247 e. The number of hydrogen-bond acceptors (Lipinski definition) is 3. The standard InChI is InChI=1S/C16H14N2O2/c1-2-16(20)18-15-5-3-4-14(10-15)17-13-8-6-12(11-19)7-9-13/h2-11,17H,1H2,(H,18,20). The van der Waals surface area contributed by atoms with Gasteiger partial charge in [0.1, 0.15) is 6.29 Å². The third kappa shape index (κ3) is 3.55. The van der Waals surface area contributed by atoms with Crippen LogP contribution in [0.2, 0.25) is 0 Å². The highest BCUT2D eigenvalue weighted by molar-refractivity contribution is 5.99. The number of benzene rings is 2. The Morgan fingerprint density at radius 1 is 1.00 bits per heavy atom. The largest absolute Gasteiger partial charge is 0.355 e. The van der Waals surface area contributed by atoms with Gasteiger partial charge in [0, 0.05) is 22.6 Å². The normalized spacial score (nSPS) is 9.60. The smallest absolute Gasteiger partial charge is 0.247 e. The van der Waals surface area contributed by atoms with Crippen molar-refractivity contribution in [3.8, 4) is 0 Å². The summed E-state index contributed by atoms with van der Waals surface area (Å²) in [5.74, 6) is -0.252. The molecule has 2 aromatic rings. The molecule has 0 aromatic heterocycles. The van der Waals surface area contributed by atoms with Gasteiger partial charge in [-0.3, -0.25) is 9.59 Å². The molecule has 0 aliphatic carbocycles. The van der Waals surface area contributed by atoms with Gasteiger partial charge in [0.15, 0.2) is 0 Å². The first-order chi connectivity index (χ1) is 9.71. The van der Waals surface area contributed by atoms with Gasteiger partial charge in [-0.15, -0.1) is 0 Å². The summed E-state index contributed by atoms with van der Waals surface area (Å²) in [7, 11) is 0. The average molecular weight is 266 g/mol. The predicted octanol–water partition coefficient (Wildman–Crippen LogP) is 3.37. The minimum absolute atomic E-state index is 0.252. The van der Waals surface area contributed by atoms with Gasteiger partial charge in [0.05, 0.1) is 0 Å². The van der Waals surface area contributed by atoms with Crippen molar-refractivity contribution < 1.29 is 9.59 Å². The van der Waals surface area contributed by atoms with E-state index < -0.39 is 0 Å².